The molecule has 186 valence electrons. The van der Waals surface area contributed by atoms with Crippen LogP contribution in [-0.2, 0) is 6.54 Å². The molecule has 0 spiro atoms. The highest BCUT2D eigenvalue weighted by Crippen LogP contribution is 2.24. The second-order valence-corrected chi connectivity index (χ2v) is 8.42. The number of benzene rings is 2. The molecule has 1 atom stereocenters. The maximum atomic E-state index is 12.5. The van der Waals surface area contributed by atoms with E-state index in [0.29, 0.717) is 12.6 Å². The number of likely N-dealkylation sites (tertiary alicyclic amines) is 1. The fourth-order valence-corrected chi connectivity index (χ4v) is 4.34. The van der Waals surface area contributed by atoms with Crippen LogP contribution >= 0.6 is 24.0 Å². The van der Waals surface area contributed by atoms with E-state index in [1.165, 1.54) is 18.4 Å². The first-order valence-corrected chi connectivity index (χ1v) is 12.4. The molecule has 6 nitrogen and oxygen atoms in total. The van der Waals surface area contributed by atoms with Crippen LogP contribution in [0.1, 0.15) is 61.1 Å². The average molecular weight is 578 g/mol. The lowest BCUT2D eigenvalue weighted by molar-refractivity contribution is 0.0773. The molecule has 1 aliphatic heterocycles. The van der Waals surface area contributed by atoms with Gasteiger partial charge in [0, 0.05) is 31.7 Å². The summed E-state index contributed by atoms with van der Waals surface area (Å²) in [6, 6.07) is 18.9. The van der Waals surface area contributed by atoms with Crippen LogP contribution in [0.3, 0.4) is 0 Å². The SMILES string of the molecule is CCNC(=NCc1ccc(C(=O)N(CC)CC)cc1)NCC(c1ccccc1)N1CCCC1.I. The maximum absolute atomic E-state index is 12.5. The zero-order valence-corrected chi connectivity index (χ0v) is 23.1. The predicted octanol–water partition coefficient (Wildman–Crippen LogP) is 4.68. The fourth-order valence-electron chi connectivity index (χ4n) is 4.34. The van der Waals surface area contributed by atoms with E-state index < -0.39 is 0 Å². The fraction of sp³-hybridized carbons (Fsp3) is 0.481. The molecule has 7 heteroatoms. The van der Waals surface area contributed by atoms with Crippen molar-refractivity contribution >= 4 is 35.8 Å². The number of guanidine groups is 1. The van der Waals surface area contributed by atoms with Crippen LogP contribution in [0.5, 0.6) is 0 Å². The van der Waals surface area contributed by atoms with Crippen molar-refractivity contribution in [2.75, 3.05) is 39.3 Å². The van der Waals surface area contributed by atoms with Crippen LogP contribution in [0.4, 0.5) is 0 Å². The number of halogens is 1. The minimum absolute atomic E-state index is 0. The van der Waals surface area contributed by atoms with Crippen molar-refractivity contribution in [1.29, 1.82) is 0 Å². The summed E-state index contributed by atoms with van der Waals surface area (Å²) in [6.45, 7) is 12.0. The number of nitrogens with zero attached hydrogens (tertiary/aromatic N) is 3. The van der Waals surface area contributed by atoms with Gasteiger partial charge in [-0.2, -0.15) is 0 Å². The summed E-state index contributed by atoms with van der Waals surface area (Å²) >= 11 is 0. The second-order valence-electron chi connectivity index (χ2n) is 8.42. The Morgan fingerprint density at radius 2 is 1.62 bits per heavy atom. The molecule has 0 aromatic heterocycles. The quantitative estimate of drug-likeness (QED) is 0.245. The van der Waals surface area contributed by atoms with Crippen molar-refractivity contribution in [2.24, 2.45) is 4.99 Å². The van der Waals surface area contributed by atoms with Gasteiger partial charge in [-0.25, -0.2) is 4.99 Å². The largest absolute Gasteiger partial charge is 0.357 e. The molecule has 1 heterocycles. The van der Waals surface area contributed by atoms with Gasteiger partial charge in [-0.05, 0) is 70.0 Å². The maximum Gasteiger partial charge on any atom is 0.253 e. The summed E-state index contributed by atoms with van der Waals surface area (Å²) in [4.78, 5) is 21.7. The molecule has 2 N–H and O–H groups in total. The van der Waals surface area contributed by atoms with Gasteiger partial charge in [0.25, 0.3) is 5.91 Å². The van der Waals surface area contributed by atoms with E-state index in [1.54, 1.807) is 0 Å². The molecule has 0 saturated carbocycles. The average Bonchev–Trinajstić information content (AvgIpc) is 3.39. The summed E-state index contributed by atoms with van der Waals surface area (Å²) < 4.78 is 0. The molecule has 34 heavy (non-hydrogen) atoms. The van der Waals surface area contributed by atoms with E-state index in [0.717, 1.165) is 56.4 Å². The highest BCUT2D eigenvalue weighted by atomic mass is 127. The number of carbonyl (C=O) groups is 1. The number of rotatable bonds is 10. The van der Waals surface area contributed by atoms with E-state index >= 15 is 0 Å². The third kappa shape index (κ3) is 7.98. The predicted molar refractivity (Wildman–Crippen MR) is 152 cm³/mol. The summed E-state index contributed by atoms with van der Waals surface area (Å²) in [5.74, 6) is 0.903. The van der Waals surface area contributed by atoms with Gasteiger partial charge in [0.05, 0.1) is 12.6 Å². The van der Waals surface area contributed by atoms with Gasteiger partial charge in [0.1, 0.15) is 0 Å². The van der Waals surface area contributed by atoms with Gasteiger partial charge in [0.2, 0.25) is 0 Å². The van der Waals surface area contributed by atoms with Crippen LogP contribution in [0.2, 0.25) is 0 Å². The van der Waals surface area contributed by atoms with Gasteiger partial charge in [-0.3, -0.25) is 9.69 Å². The van der Waals surface area contributed by atoms with Crippen LogP contribution in [0, 0.1) is 0 Å². The molecular weight excluding hydrogens is 537 g/mol. The second kappa shape index (κ2) is 15.0. The summed E-state index contributed by atoms with van der Waals surface area (Å²) in [7, 11) is 0. The van der Waals surface area contributed by atoms with E-state index in [9.17, 15) is 4.79 Å². The van der Waals surface area contributed by atoms with Crippen LogP contribution < -0.4 is 10.6 Å². The van der Waals surface area contributed by atoms with Gasteiger partial charge < -0.3 is 15.5 Å². The van der Waals surface area contributed by atoms with E-state index in [2.05, 4.69) is 52.8 Å². The van der Waals surface area contributed by atoms with Crippen molar-refractivity contribution in [3.05, 3.63) is 71.3 Å². The Hall–Kier alpha value is -2.13. The molecule has 3 rings (SSSR count). The Balaban J connectivity index is 0.00000408. The third-order valence-electron chi connectivity index (χ3n) is 6.24. The zero-order chi connectivity index (χ0) is 23.5. The molecule has 1 saturated heterocycles. The Morgan fingerprint density at radius 1 is 0.971 bits per heavy atom. The molecule has 1 unspecified atom stereocenters. The third-order valence-corrected chi connectivity index (χ3v) is 6.24. The minimum Gasteiger partial charge on any atom is -0.357 e. The Kier molecular flexibility index (Phi) is 12.4. The minimum atomic E-state index is 0. The first-order valence-electron chi connectivity index (χ1n) is 12.4. The molecular formula is C27H40IN5O. The van der Waals surface area contributed by atoms with E-state index in [1.807, 2.05) is 43.0 Å². The van der Waals surface area contributed by atoms with Crippen molar-refractivity contribution in [2.45, 2.75) is 46.2 Å². The first-order chi connectivity index (χ1) is 16.2. The summed E-state index contributed by atoms with van der Waals surface area (Å²) in [5.41, 5.74) is 3.16. The molecule has 0 aliphatic carbocycles. The summed E-state index contributed by atoms with van der Waals surface area (Å²) in [5, 5.41) is 6.93. The molecule has 1 aliphatic rings. The van der Waals surface area contributed by atoms with Gasteiger partial charge in [-0.1, -0.05) is 42.5 Å². The lowest BCUT2D eigenvalue weighted by atomic mass is 10.1. The molecule has 1 amide bonds. The number of hydrogen-bond donors (Lipinski definition) is 2. The molecule has 0 bridgehead atoms. The van der Waals surface area contributed by atoms with Crippen molar-refractivity contribution in [3.63, 3.8) is 0 Å². The van der Waals surface area contributed by atoms with E-state index in [4.69, 9.17) is 4.99 Å². The molecule has 1 fully saturated rings. The van der Waals surface area contributed by atoms with Crippen molar-refractivity contribution < 1.29 is 4.79 Å². The standard InChI is InChI=1S/C27H39N5O.HI/c1-4-28-27(29-20-22-14-16-24(17-15-22)26(33)31(5-2)6-3)30-21-25(32-18-10-11-19-32)23-12-8-7-9-13-23;/h7-9,12-17,25H,4-6,10-11,18-21H2,1-3H3,(H2,28,29,30);1H. The smallest absolute Gasteiger partial charge is 0.253 e. The van der Waals surface area contributed by atoms with Gasteiger partial charge in [0.15, 0.2) is 5.96 Å². The molecule has 2 aromatic rings. The monoisotopic (exact) mass is 577 g/mol. The Labute approximate surface area is 222 Å². The van der Waals surface area contributed by atoms with Crippen molar-refractivity contribution in [3.8, 4) is 0 Å². The highest BCUT2D eigenvalue weighted by Gasteiger charge is 2.23. The Bertz CT molecular complexity index is 878. The van der Waals surface area contributed by atoms with Crippen molar-refractivity contribution in [1.82, 2.24) is 20.4 Å². The van der Waals surface area contributed by atoms with Crippen LogP contribution in [0.25, 0.3) is 0 Å². The van der Waals surface area contributed by atoms with Gasteiger partial charge >= 0.3 is 0 Å². The number of nitrogens with one attached hydrogen (secondary N) is 2. The molecule has 2 aromatic carbocycles. The first kappa shape index (κ1) is 28.1. The zero-order valence-electron chi connectivity index (χ0n) is 20.8. The van der Waals surface area contributed by atoms with E-state index in [-0.39, 0.29) is 29.9 Å². The molecule has 0 radical (unpaired) electrons. The topological polar surface area (TPSA) is 60.0 Å². The summed E-state index contributed by atoms with van der Waals surface area (Å²) in [6.07, 6.45) is 2.54. The highest BCUT2D eigenvalue weighted by molar-refractivity contribution is 14.0. The number of carbonyl (C=O) groups excluding carboxylic acids is 1. The van der Waals surface area contributed by atoms with Gasteiger partial charge in [-0.15, -0.1) is 24.0 Å². The van der Waals surface area contributed by atoms with Crippen LogP contribution in [0.15, 0.2) is 59.6 Å². The van der Waals surface area contributed by atoms with Crippen LogP contribution in [-0.4, -0.2) is 60.9 Å². The number of amides is 1. The Morgan fingerprint density at radius 3 is 2.21 bits per heavy atom. The lowest BCUT2D eigenvalue weighted by Crippen LogP contribution is -2.42. The lowest BCUT2D eigenvalue weighted by Gasteiger charge is -2.29. The normalized spacial score (nSPS) is 14.9. The number of aliphatic imine (C=N–C) groups is 1. The number of hydrogen-bond acceptors (Lipinski definition) is 3.